The molecule has 14 heteroatoms. The second-order valence-corrected chi connectivity index (χ2v) is 11.2. The highest BCUT2D eigenvalue weighted by atomic mass is 35.5. The van der Waals surface area contributed by atoms with Crippen LogP contribution in [0.5, 0.6) is 0 Å². The summed E-state index contributed by atoms with van der Waals surface area (Å²) in [6.07, 6.45) is -2.85. The van der Waals surface area contributed by atoms with Crippen molar-refractivity contribution in [1.29, 1.82) is 0 Å². The van der Waals surface area contributed by atoms with Gasteiger partial charge in [0.05, 0.1) is 10.4 Å². The Kier molecular flexibility index (Phi) is 7.54. The Morgan fingerprint density at radius 1 is 0.921 bits per heavy atom. The van der Waals surface area contributed by atoms with Crippen molar-refractivity contribution in [3.63, 3.8) is 0 Å². The molecule has 1 amide bonds. The van der Waals surface area contributed by atoms with E-state index in [0.717, 1.165) is 18.2 Å². The first kappa shape index (κ1) is 28.0. The summed E-state index contributed by atoms with van der Waals surface area (Å²) in [5.74, 6) is -0.731. The molecule has 204 valence electrons. The number of rotatable bonds is 5. The number of carbonyl (C=O) groups excluding carboxylic acids is 1. The topological polar surface area (TPSA) is 88.2 Å². The number of nitrogens with one attached hydrogen (secondary N) is 2. The third-order valence-corrected chi connectivity index (χ3v) is 7.91. The van der Waals surface area contributed by atoms with Gasteiger partial charge in [0.1, 0.15) is 5.69 Å². The molecular weight excluding hydrogens is 560 g/mol. The van der Waals surface area contributed by atoms with Gasteiger partial charge in [-0.25, -0.2) is 13.4 Å². The van der Waals surface area contributed by atoms with Crippen molar-refractivity contribution >= 4 is 43.9 Å². The zero-order chi connectivity index (χ0) is 27.9. The normalized spacial score (nSPS) is 18.8. The van der Waals surface area contributed by atoms with E-state index < -0.39 is 38.0 Å². The second kappa shape index (κ2) is 10.3. The van der Waals surface area contributed by atoms with Crippen LogP contribution in [0.15, 0.2) is 53.4 Å². The Morgan fingerprint density at radius 3 is 2.21 bits per heavy atom. The molecule has 0 atom stereocenters. The molecular formula is C24H20ClF6N3O3S. The molecule has 2 aromatic carbocycles. The van der Waals surface area contributed by atoms with E-state index in [1.54, 1.807) is 0 Å². The van der Waals surface area contributed by atoms with Gasteiger partial charge >= 0.3 is 11.7 Å². The summed E-state index contributed by atoms with van der Waals surface area (Å²) in [5, 5.41) is 6.57. The maximum atomic E-state index is 13.4. The van der Waals surface area contributed by atoms with Crippen LogP contribution in [0.1, 0.15) is 41.7 Å². The Labute approximate surface area is 218 Å². The predicted octanol–water partition coefficient (Wildman–Crippen LogP) is 6.35. The van der Waals surface area contributed by atoms with E-state index in [2.05, 4.69) is 15.6 Å². The van der Waals surface area contributed by atoms with Crippen LogP contribution in [0.3, 0.4) is 0 Å². The molecule has 38 heavy (non-hydrogen) atoms. The molecule has 2 N–H and O–H groups in total. The van der Waals surface area contributed by atoms with Gasteiger partial charge in [-0.15, -0.1) is 0 Å². The summed E-state index contributed by atoms with van der Waals surface area (Å²) < 4.78 is 102. The van der Waals surface area contributed by atoms with Crippen molar-refractivity contribution in [2.24, 2.45) is 0 Å². The molecule has 0 spiro atoms. The lowest BCUT2D eigenvalue weighted by Gasteiger charge is -2.31. The summed E-state index contributed by atoms with van der Waals surface area (Å²) in [5.41, 5.74) is -6.44. The van der Waals surface area contributed by atoms with Crippen molar-refractivity contribution in [2.45, 2.75) is 54.3 Å². The number of carbonyl (C=O) groups is 1. The Balaban J connectivity index is 1.43. The van der Waals surface area contributed by atoms with Gasteiger partial charge in [-0.2, -0.15) is 26.3 Å². The summed E-state index contributed by atoms with van der Waals surface area (Å²) in [7, 11) is -5.60. The minimum atomic E-state index is -5.60. The van der Waals surface area contributed by atoms with Crippen molar-refractivity contribution in [1.82, 2.24) is 10.3 Å². The number of halogens is 7. The molecule has 4 rings (SSSR count). The number of sulfone groups is 1. The zero-order valence-electron chi connectivity index (χ0n) is 19.3. The van der Waals surface area contributed by atoms with Gasteiger partial charge in [-0.3, -0.25) is 4.79 Å². The zero-order valence-corrected chi connectivity index (χ0v) is 20.9. The maximum Gasteiger partial charge on any atom is 0.501 e. The highest BCUT2D eigenvalue weighted by Crippen LogP contribution is 2.35. The third kappa shape index (κ3) is 5.98. The first-order valence-electron chi connectivity index (χ1n) is 11.3. The van der Waals surface area contributed by atoms with E-state index >= 15 is 0 Å². The maximum absolute atomic E-state index is 13.4. The van der Waals surface area contributed by atoms with Gasteiger partial charge < -0.3 is 10.6 Å². The van der Waals surface area contributed by atoms with Crippen LogP contribution in [0.4, 0.5) is 32.0 Å². The number of hydrogen-bond acceptors (Lipinski definition) is 5. The first-order chi connectivity index (χ1) is 17.6. The first-order valence-corrected chi connectivity index (χ1v) is 13.2. The minimum Gasteiger partial charge on any atom is -0.382 e. The van der Waals surface area contributed by atoms with Crippen LogP contribution in [0.25, 0.3) is 10.9 Å². The van der Waals surface area contributed by atoms with E-state index in [1.807, 2.05) is 0 Å². The van der Waals surface area contributed by atoms with Crippen molar-refractivity contribution in [3.8, 4) is 0 Å². The van der Waals surface area contributed by atoms with Gasteiger partial charge in [0.25, 0.3) is 15.7 Å². The van der Waals surface area contributed by atoms with E-state index in [4.69, 9.17) is 11.6 Å². The second-order valence-electron chi connectivity index (χ2n) is 8.86. The SMILES string of the molecule is O=C(NC1CCC(Nc2cc(C(F)(F)F)nc3ccc(Cl)cc23)CC1)c1cccc(S(=O)(=O)C(F)(F)F)c1. The average molecular weight is 580 g/mol. The lowest BCUT2D eigenvalue weighted by molar-refractivity contribution is -0.140. The fourth-order valence-corrected chi connectivity index (χ4v) is 5.25. The van der Waals surface area contributed by atoms with E-state index in [-0.39, 0.29) is 28.9 Å². The molecule has 1 heterocycles. The van der Waals surface area contributed by atoms with Crippen LogP contribution < -0.4 is 10.6 Å². The van der Waals surface area contributed by atoms with Crippen molar-refractivity contribution in [2.75, 3.05) is 5.32 Å². The summed E-state index contributed by atoms with van der Waals surface area (Å²) in [4.78, 5) is 15.2. The van der Waals surface area contributed by atoms with Gasteiger partial charge in [0.15, 0.2) is 0 Å². The van der Waals surface area contributed by atoms with E-state index in [0.29, 0.717) is 42.2 Å². The van der Waals surface area contributed by atoms with Crippen molar-refractivity contribution in [3.05, 3.63) is 64.8 Å². The van der Waals surface area contributed by atoms with Crippen LogP contribution in [0, 0.1) is 0 Å². The van der Waals surface area contributed by atoms with Crippen molar-refractivity contribution < 1.29 is 39.6 Å². The molecule has 1 aliphatic carbocycles. The molecule has 3 aromatic rings. The average Bonchev–Trinajstić information content (AvgIpc) is 2.84. The van der Waals surface area contributed by atoms with Gasteiger partial charge in [0.2, 0.25) is 0 Å². The van der Waals surface area contributed by atoms with Gasteiger partial charge in [-0.1, -0.05) is 17.7 Å². The Bertz CT molecular complexity index is 1470. The third-order valence-electron chi connectivity index (χ3n) is 6.19. The molecule has 1 aliphatic rings. The Hall–Kier alpha value is -3.06. The van der Waals surface area contributed by atoms with Gasteiger partial charge in [0, 0.05) is 33.7 Å². The largest absolute Gasteiger partial charge is 0.501 e. The number of nitrogens with zero attached hydrogens (tertiary/aromatic N) is 1. The summed E-state index contributed by atoms with van der Waals surface area (Å²) >= 11 is 6.03. The van der Waals surface area contributed by atoms with E-state index in [9.17, 15) is 39.6 Å². The standard InChI is InChI=1S/C24H20ClF6N3O3S/c25-14-4-9-19-18(11-14)20(12-21(34-19)23(26,27)28)32-15-5-7-16(8-6-15)33-22(35)13-2-1-3-17(10-13)38(36,37)24(29,30)31/h1-4,9-12,15-16H,5-8H2,(H,32,34)(H,33,35). The van der Waals surface area contributed by atoms with Crippen LogP contribution in [-0.2, 0) is 16.0 Å². The minimum absolute atomic E-state index is 0.127. The van der Waals surface area contributed by atoms with Gasteiger partial charge in [-0.05, 0) is 68.1 Å². The molecule has 0 radical (unpaired) electrons. The smallest absolute Gasteiger partial charge is 0.382 e. The highest BCUT2D eigenvalue weighted by molar-refractivity contribution is 7.92. The molecule has 0 saturated heterocycles. The number of anilines is 1. The molecule has 0 bridgehead atoms. The number of pyridine rings is 1. The van der Waals surface area contributed by atoms with E-state index in [1.165, 1.54) is 24.3 Å². The number of hydrogen-bond donors (Lipinski definition) is 2. The Morgan fingerprint density at radius 2 is 1.58 bits per heavy atom. The molecule has 0 aliphatic heterocycles. The highest BCUT2D eigenvalue weighted by Gasteiger charge is 2.47. The molecule has 1 saturated carbocycles. The molecule has 0 unspecified atom stereocenters. The number of aromatic nitrogens is 1. The molecule has 1 fully saturated rings. The lowest BCUT2D eigenvalue weighted by Crippen LogP contribution is -2.40. The quantitative estimate of drug-likeness (QED) is 0.344. The van der Waals surface area contributed by atoms with Crippen LogP contribution >= 0.6 is 11.6 Å². The number of alkyl halides is 6. The van der Waals surface area contributed by atoms with Crippen LogP contribution in [-0.4, -0.2) is 36.9 Å². The lowest BCUT2D eigenvalue weighted by atomic mass is 9.90. The summed E-state index contributed by atoms with van der Waals surface area (Å²) in [6.45, 7) is 0. The monoisotopic (exact) mass is 579 g/mol. The summed E-state index contributed by atoms with van der Waals surface area (Å²) in [6, 6.07) is 8.39. The fraction of sp³-hybridized carbons (Fsp3) is 0.333. The van der Waals surface area contributed by atoms with Crippen LogP contribution in [0.2, 0.25) is 5.02 Å². The number of amides is 1. The predicted molar refractivity (Wildman–Crippen MR) is 129 cm³/mol. The fourth-order valence-electron chi connectivity index (χ4n) is 4.27. The number of benzene rings is 2. The number of fused-ring (bicyclic) bond motifs is 1. The molecule has 6 nitrogen and oxygen atoms in total. The molecule has 1 aromatic heterocycles.